The zero-order valence-corrected chi connectivity index (χ0v) is 12.9. The molecule has 1 fully saturated rings. The van der Waals surface area contributed by atoms with Gasteiger partial charge < -0.3 is 15.3 Å². The number of carbonyl (C=O) groups excluding carboxylic acids is 1. The standard InChI is InChI=1S/C13H20N4O3S/c1-10-14-7-11(21-10)8-15-13(20)17-4-2-3-16(5-6-17)9-12(18)19/h7H,2-6,8-9H2,1H3,(H,15,20)(H,18,19). The molecule has 0 atom stereocenters. The van der Waals surface area contributed by atoms with Crippen LogP contribution in [0.4, 0.5) is 4.79 Å². The molecule has 1 saturated heterocycles. The molecule has 0 saturated carbocycles. The van der Waals surface area contributed by atoms with Crippen LogP contribution in [0, 0.1) is 6.92 Å². The summed E-state index contributed by atoms with van der Waals surface area (Å²) < 4.78 is 0. The van der Waals surface area contributed by atoms with Gasteiger partial charge in [0.1, 0.15) is 0 Å². The summed E-state index contributed by atoms with van der Waals surface area (Å²) in [5, 5.41) is 12.7. The van der Waals surface area contributed by atoms with Crippen LogP contribution in [0.15, 0.2) is 6.20 Å². The second kappa shape index (κ2) is 7.37. The third-order valence-corrected chi connectivity index (χ3v) is 4.23. The molecule has 0 aliphatic carbocycles. The normalized spacial score (nSPS) is 16.5. The van der Waals surface area contributed by atoms with Gasteiger partial charge in [-0.3, -0.25) is 9.69 Å². The fraction of sp³-hybridized carbons (Fsp3) is 0.615. The van der Waals surface area contributed by atoms with E-state index in [1.165, 1.54) is 0 Å². The molecule has 2 amide bonds. The largest absolute Gasteiger partial charge is 0.480 e. The lowest BCUT2D eigenvalue weighted by atomic mass is 10.4. The van der Waals surface area contributed by atoms with Crippen molar-refractivity contribution in [2.24, 2.45) is 0 Å². The molecule has 1 aliphatic heterocycles. The zero-order valence-electron chi connectivity index (χ0n) is 12.0. The van der Waals surface area contributed by atoms with Gasteiger partial charge in [0.2, 0.25) is 0 Å². The predicted octanol–water partition coefficient (Wildman–Crippen LogP) is 0.753. The highest BCUT2D eigenvalue weighted by atomic mass is 32.1. The van der Waals surface area contributed by atoms with Crippen LogP contribution in [-0.4, -0.2) is 64.6 Å². The molecular weight excluding hydrogens is 292 g/mol. The van der Waals surface area contributed by atoms with E-state index < -0.39 is 5.97 Å². The fourth-order valence-electron chi connectivity index (χ4n) is 2.28. The number of rotatable bonds is 4. The highest BCUT2D eigenvalue weighted by molar-refractivity contribution is 7.11. The number of nitrogens with zero attached hydrogens (tertiary/aromatic N) is 3. The number of hydrogen-bond donors (Lipinski definition) is 2. The van der Waals surface area contributed by atoms with Crippen molar-refractivity contribution >= 4 is 23.3 Å². The molecule has 0 radical (unpaired) electrons. The number of aryl methyl sites for hydroxylation is 1. The quantitative estimate of drug-likeness (QED) is 0.857. The smallest absolute Gasteiger partial charge is 0.317 e. The van der Waals surface area contributed by atoms with Crippen LogP contribution in [0.1, 0.15) is 16.3 Å². The third-order valence-electron chi connectivity index (χ3n) is 3.32. The Labute approximate surface area is 127 Å². The SMILES string of the molecule is Cc1ncc(CNC(=O)N2CCCN(CC(=O)O)CC2)s1. The maximum atomic E-state index is 12.1. The van der Waals surface area contributed by atoms with Crippen LogP contribution in [-0.2, 0) is 11.3 Å². The van der Waals surface area contributed by atoms with Crippen LogP contribution in [0.2, 0.25) is 0 Å². The molecule has 21 heavy (non-hydrogen) atoms. The first-order valence-electron chi connectivity index (χ1n) is 6.93. The maximum Gasteiger partial charge on any atom is 0.317 e. The average Bonchev–Trinajstić information content (AvgIpc) is 2.70. The van der Waals surface area contributed by atoms with Crippen LogP contribution in [0.3, 0.4) is 0 Å². The fourth-order valence-corrected chi connectivity index (χ4v) is 3.02. The monoisotopic (exact) mass is 312 g/mol. The average molecular weight is 312 g/mol. The van der Waals surface area contributed by atoms with Gasteiger partial charge in [0, 0.05) is 37.3 Å². The van der Waals surface area contributed by atoms with E-state index in [2.05, 4.69) is 10.3 Å². The Bertz CT molecular complexity index is 505. The Morgan fingerprint density at radius 1 is 1.38 bits per heavy atom. The first-order chi connectivity index (χ1) is 10.0. The van der Waals surface area contributed by atoms with E-state index in [-0.39, 0.29) is 12.6 Å². The van der Waals surface area contributed by atoms with Gasteiger partial charge in [0.05, 0.1) is 18.1 Å². The molecule has 0 bridgehead atoms. The molecule has 7 nitrogen and oxygen atoms in total. The van der Waals surface area contributed by atoms with Crippen LogP contribution in [0.5, 0.6) is 0 Å². The number of amides is 2. The summed E-state index contributed by atoms with van der Waals surface area (Å²) in [5.41, 5.74) is 0. The number of carboxylic acids is 1. The number of nitrogens with one attached hydrogen (secondary N) is 1. The number of urea groups is 1. The third kappa shape index (κ3) is 4.98. The van der Waals surface area contributed by atoms with Gasteiger partial charge in [-0.1, -0.05) is 0 Å². The van der Waals surface area contributed by atoms with Crippen molar-refractivity contribution in [2.45, 2.75) is 19.9 Å². The molecule has 1 aliphatic rings. The van der Waals surface area contributed by atoms with Crippen LogP contribution < -0.4 is 5.32 Å². The Morgan fingerprint density at radius 2 is 2.19 bits per heavy atom. The first-order valence-corrected chi connectivity index (χ1v) is 7.74. The minimum absolute atomic E-state index is 0.0373. The van der Waals surface area contributed by atoms with Crippen molar-refractivity contribution in [2.75, 3.05) is 32.7 Å². The number of carboxylic acid groups (broad SMARTS) is 1. The summed E-state index contributed by atoms with van der Waals surface area (Å²) in [6.45, 7) is 4.98. The minimum Gasteiger partial charge on any atom is -0.480 e. The van der Waals surface area contributed by atoms with Crippen molar-refractivity contribution in [3.8, 4) is 0 Å². The number of thiazole rings is 1. The summed E-state index contributed by atoms with van der Waals surface area (Å²) in [4.78, 5) is 31.6. The van der Waals surface area contributed by atoms with Gasteiger partial charge in [-0.15, -0.1) is 11.3 Å². The van der Waals surface area contributed by atoms with Gasteiger partial charge in [-0.05, 0) is 13.3 Å². The maximum absolute atomic E-state index is 12.1. The summed E-state index contributed by atoms with van der Waals surface area (Å²) in [7, 11) is 0. The van der Waals surface area contributed by atoms with Gasteiger partial charge >= 0.3 is 12.0 Å². The highest BCUT2D eigenvalue weighted by Crippen LogP contribution is 2.11. The van der Waals surface area contributed by atoms with Crippen molar-refractivity contribution in [1.82, 2.24) is 20.1 Å². The van der Waals surface area contributed by atoms with E-state index in [9.17, 15) is 9.59 Å². The lowest BCUT2D eigenvalue weighted by Crippen LogP contribution is -2.42. The van der Waals surface area contributed by atoms with Gasteiger partial charge in [-0.25, -0.2) is 9.78 Å². The van der Waals surface area contributed by atoms with E-state index in [1.807, 2.05) is 11.8 Å². The summed E-state index contributed by atoms with van der Waals surface area (Å²) in [6, 6.07) is -0.0989. The Kier molecular flexibility index (Phi) is 5.51. The molecule has 0 aromatic carbocycles. The van der Waals surface area contributed by atoms with Crippen LogP contribution in [0.25, 0.3) is 0 Å². The van der Waals surface area contributed by atoms with Gasteiger partial charge in [-0.2, -0.15) is 0 Å². The lowest BCUT2D eigenvalue weighted by Gasteiger charge is -2.21. The van der Waals surface area contributed by atoms with Crippen LogP contribution >= 0.6 is 11.3 Å². The second-order valence-electron chi connectivity index (χ2n) is 5.01. The molecule has 0 unspecified atom stereocenters. The van der Waals surface area contributed by atoms with Crippen molar-refractivity contribution in [3.63, 3.8) is 0 Å². The molecule has 2 N–H and O–H groups in total. The number of aromatic nitrogens is 1. The zero-order chi connectivity index (χ0) is 15.2. The molecule has 2 rings (SSSR count). The Morgan fingerprint density at radius 3 is 2.86 bits per heavy atom. The molecular formula is C13H20N4O3S. The van der Waals surface area contributed by atoms with Crippen molar-refractivity contribution in [1.29, 1.82) is 0 Å². The number of carbonyl (C=O) groups is 2. The Hall–Kier alpha value is -1.67. The second-order valence-corrected chi connectivity index (χ2v) is 6.33. The van der Waals surface area contributed by atoms with Crippen molar-refractivity contribution < 1.29 is 14.7 Å². The van der Waals surface area contributed by atoms with E-state index in [0.29, 0.717) is 32.7 Å². The van der Waals surface area contributed by atoms with Gasteiger partial charge in [0.25, 0.3) is 0 Å². The first kappa shape index (κ1) is 15.7. The molecule has 8 heteroatoms. The van der Waals surface area contributed by atoms with E-state index >= 15 is 0 Å². The topological polar surface area (TPSA) is 85.8 Å². The van der Waals surface area contributed by atoms with E-state index in [0.717, 1.165) is 16.3 Å². The molecule has 116 valence electrons. The molecule has 1 aromatic heterocycles. The van der Waals surface area contributed by atoms with E-state index in [1.54, 1.807) is 22.4 Å². The van der Waals surface area contributed by atoms with Gasteiger partial charge in [0.15, 0.2) is 0 Å². The number of aliphatic carboxylic acids is 1. The van der Waals surface area contributed by atoms with E-state index in [4.69, 9.17) is 5.11 Å². The molecule has 2 heterocycles. The predicted molar refractivity (Wildman–Crippen MR) is 79.4 cm³/mol. The summed E-state index contributed by atoms with van der Waals surface area (Å²) in [6.07, 6.45) is 2.57. The summed E-state index contributed by atoms with van der Waals surface area (Å²) >= 11 is 1.57. The molecule has 1 aromatic rings. The highest BCUT2D eigenvalue weighted by Gasteiger charge is 2.20. The number of hydrogen-bond acceptors (Lipinski definition) is 5. The lowest BCUT2D eigenvalue weighted by molar-refractivity contribution is -0.138. The minimum atomic E-state index is -0.825. The summed E-state index contributed by atoms with van der Waals surface area (Å²) in [5.74, 6) is -0.825. The van der Waals surface area contributed by atoms with Crippen molar-refractivity contribution in [3.05, 3.63) is 16.1 Å². The Balaban J connectivity index is 1.78. The molecule has 0 spiro atoms.